The second-order valence-electron chi connectivity index (χ2n) is 6.70. The van der Waals surface area contributed by atoms with E-state index in [1.54, 1.807) is 13.0 Å². The molecule has 3 aromatic rings. The fourth-order valence-electron chi connectivity index (χ4n) is 3.09. The van der Waals surface area contributed by atoms with E-state index in [1.165, 1.54) is 5.56 Å². The van der Waals surface area contributed by atoms with Crippen molar-refractivity contribution in [3.8, 4) is 0 Å². The molecule has 1 aromatic heterocycles. The Bertz CT molecular complexity index is 936. The van der Waals surface area contributed by atoms with Crippen molar-refractivity contribution in [2.75, 3.05) is 6.54 Å². The van der Waals surface area contributed by atoms with Crippen molar-refractivity contribution in [3.05, 3.63) is 65.9 Å². The molecule has 6 heteroatoms. The molecule has 146 valence electrons. The molecule has 0 aliphatic heterocycles. The summed E-state index contributed by atoms with van der Waals surface area (Å²) in [5, 5.41) is 7.56. The number of rotatable bonds is 8. The number of carbonyl (C=O) groups excluding carboxylic acids is 2. The second-order valence-corrected chi connectivity index (χ2v) is 6.70. The largest absolute Gasteiger partial charge is 0.452 e. The van der Waals surface area contributed by atoms with Gasteiger partial charge in [-0.25, -0.2) is 0 Å². The molecule has 0 fully saturated rings. The monoisotopic (exact) mass is 380 g/mol. The number of amides is 1. The smallest absolute Gasteiger partial charge is 0.312 e. The van der Waals surface area contributed by atoms with E-state index in [9.17, 15) is 9.59 Å². The van der Waals surface area contributed by atoms with E-state index in [0.29, 0.717) is 17.8 Å². The zero-order valence-electron chi connectivity index (χ0n) is 16.1. The lowest BCUT2D eigenvalue weighted by Crippen LogP contribution is -2.38. The van der Waals surface area contributed by atoms with Crippen LogP contribution >= 0.6 is 0 Å². The average molecular weight is 380 g/mol. The highest BCUT2D eigenvalue weighted by atomic mass is 16.5. The molecule has 1 N–H and O–H groups in total. The van der Waals surface area contributed by atoms with E-state index in [0.717, 1.165) is 11.8 Å². The summed E-state index contributed by atoms with van der Waals surface area (Å²) in [5.74, 6) is -0.612. The highest BCUT2D eigenvalue weighted by Crippen LogP contribution is 2.19. The Balaban J connectivity index is 1.51. The standard InChI is InChI=1S/C22H24N2O4/c1-3-16(17-9-5-4-6-10-17)14-23-22(26)15(2)27-21(25)13-19-18-11-7-8-12-20(18)28-24-19/h4-12,15-16H,3,13-14H2,1-2H3,(H,23,26)/t15-,16-/m1/s1. The fourth-order valence-corrected chi connectivity index (χ4v) is 3.09. The molecular formula is C22H24N2O4. The number of esters is 1. The van der Waals surface area contributed by atoms with Gasteiger partial charge in [0.25, 0.3) is 5.91 Å². The summed E-state index contributed by atoms with van der Waals surface area (Å²) in [7, 11) is 0. The minimum absolute atomic E-state index is 0.0454. The van der Waals surface area contributed by atoms with E-state index in [4.69, 9.17) is 9.26 Å². The molecule has 0 aliphatic carbocycles. The van der Waals surface area contributed by atoms with Gasteiger partial charge >= 0.3 is 5.97 Å². The SMILES string of the molecule is CC[C@H](CNC(=O)[C@@H](C)OC(=O)Cc1noc2ccccc12)c1ccccc1. The maximum atomic E-state index is 12.3. The highest BCUT2D eigenvalue weighted by molar-refractivity contribution is 5.86. The third kappa shape index (κ3) is 4.76. The summed E-state index contributed by atoms with van der Waals surface area (Å²) in [6, 6.07) is 17.3. The minimum Gasteiger partial charge on any atom is -0.452 e. The maximum absolute atomic E-state index is 12.3. The molecule has 0 saturated carbocycles. The normalized spacial score (nSPS) is 13.1. The predicted octanol–water partition coefficient (Wildman–Crippen LogP) is 3.61. The first-order valence-electron chi connectivity index (χ1n) is 9.44. The van der Waals surface area contributed by atoms with Gasteiger partial charge in [-0.15, -0.1) is 0 Å². The molecule has 0 unspecified atom stereocenters. The van der Waals surface area contributed by atoms with Gasteiger partial charge in [0.1, 0.15) is 5.69 Å². The Morgan fingerprint density at radius 2 is 1.82 bits per heavy atom. The number of benzene rings is 2. The van der Waals surface area contributed by atoms with Gasteiger partial charge in [-0.3, -0.25) is 9.59 Å². The van der Waals surface area contributed by atoms with E-state index in [2.05, 4.69) is 17.4 Å². The number of aromatic nitrogens is 1. The molecule has 0 radical (unpaired) electrons. The summed E-state index contributed by atoms with van der Waals surface area (Å²) < 4.78 is 10.5. The number of nitrogens with zero attached hydrogens (tertiary/aromatic N) is 1. The van der Waals surface area contributed by atoms with Crippen LogP contribution in [0.4, 0.5) is 0 Å². The number of carbonyl (C=O) groups is 2. The Morgan fingerprint density at radius 3 is 2.57 bits per heavy atom. The lowest BCUT2D eigenvalue weighted by molar-refractivity contribution is -0.154. The number of hydrogen-bond acceptors (Lipinski definition) is 5. The summed E-state index contributed by atoms with van der Waals surface area (Å²) >= 11 is 0. The minimum atomic E-state index is -0.876. The number of hydrogen-bond donors (Lipinski definition) is 1. The van der Waals surface area contributed by atoms with Crippen molar-refractivity contribution in [3.63, 3.8) is 0 Å². The molecule has 6 nitrogen and oxygen atoms in total. The van der Waals surface area contributed by atoms with Crippen LogP contribution in [-0.2, 0) is 20.7 Å². The van der Waals surface area contributed by atoms with Crippen LogP contribution in [0.3, 0.4) is 0 Å². The molecule has 28 heavy (non-hydrogen) atoms. The molecule has 1 heterocycles. The van der Waals surface area contributed by atoms with E-state index >= 15 is 0 Å². The third-order valence-electron chi connectivity index (χ3n) is 4.73. The number of ether oxygens (including phenoxy) is 1. The summed E-state index contributed by atoms with van der Waals surface area (Å²) in [6.07, 6.45) is -0.0209. The number of para-hydroxylation sites is 1. The first-order valence-corrected chi connectivity index (χ1v) is 9.44. The van der Waals surface area contributed by atoms with Crippen LogP contribution in [-0.4, -0.2) is 29.7 Å². The van der Waals surface area contributed by atoms with Gasteiger partial charge in [0.15, 0.2) is 11.7 Å². The number of fused-ring (bicyclic) bond motifs is 1. The van der Waals surface area contributed by atoms with E-state index in [1.807, 2.05) is 48.5 Å². The van der Waals surface area contributed by atoms with Gasteiger partial charge in [0.2, 0.25) is 0 Å². The Morgan fingerprint density at radius 1 is 1.11 bits per heavy atom. The third-order valence-corrected chi connectivity index (χ3v) is 4.73. The Kier molecular flexibility index (Phi) is 6.42. The van der Waals surface area contributed by atoms with E-state index in [-0.39, 0.29) is 18.2 Å². The zero-order chi connectivity index (χ0) is 19.9. The average Bonchev–Trinajstić information content (AvgIpc) is 3.12. The van der Waals surface area contributed by atoms with Crippen molar-refractivity contribution in [1.29, 1.82) is 0 Å². The molecule has 0 aliphatic rings. The topological polar surface area (TPSA) is 81.4 Å². The van der Waals surface area contributed by atoms with Crippen LogP contribution in [0.2, 0.25) is 0 Å². The molecular weight excluding hydrogens is 356 g/mol. The van der Waals surface area contributed by atoms with Crippen LogP contribution in [0.25, 0.3) is 11.0 Å². The van der Waals surface area contributed by atoms with Crippen molar-refractivity contribution >= 4 is 22.8 Å². The van der Waals surface area contributed by atoms with Gasteiger partial charge in [0.05, 0.1) is 6.42 Å². The van der Waals surface area contributed by atoms with Gasteiger partial charge in [-0.1, -0.05) is 54.5 Å². The molecule has 3 rings (SSSR count). The van der Waals surface area contributed by atoms with Gasteiger partial charge < -0.3 is 14.6 Å². The van der Waals surface area contributed by atoms with Crippen LogP contribution in [0.1, 0.15) is 37.4 Å². The summed E-state index contributed by atoms with van der Waals surface area (Å²) in [5.41, 5.74) is 2.29. The molecule has 2 aromatic carbocycles. The van der Waals surface area contributed by atoms with Gasteiger partial charge in [-0.05, 0) is 31.0 Å². The van der Waals surface area contributed by atoms with Crippen molar-refractivity contribution in [2.45, 2.75) is 38.7 Å². The molecule has 2 atom stereocenters. The van der Waals surface area contributed by atoms with E-state index < -0.39 is 12.1 Å². The van der Waals surface area contributed by atoms with Crippen LogP contribution < -0.4 is 5.32 Å². The fraction of sp³-hybridized carbons (Fsp3) is 0.318. The van der Waals surface area contributed by atoms with Crippen LogP contribution in [0.15, 0.2) is 59.1 Å². The quantitative estimate of drug-likeness (QED) is 0.604. The zero-order valence-corrected chi connectivity index (χ0v) is 16.1. The maximum Gasteiger partial charge on any atom is 0.312 e. The lowest BCUT2D eigenvalue weighted by atomic mass is 9.96. The lowest BCUT2D eigenvalue weighted by Gasteiger charge is -2.18. The van der Waals surface area contributed by atoms with Crippen molar-refractivity contribution < 1.29 is 18.8 Å². The molecule has 0 bridgehead atoms. The number of nitrogens with one attached hydrogen (secondary N) is 1. The predicted molar refractivity (Wildman–Crippen MR) is 106 cm³/mol. The summed E-state index contributed by atoms with van der Waals surface area (Å²) in [4.78, 5) is 24.5. The molecule has 1 amide bonds. The Hall–Kier alpha value is -3.15. The molecule has 0 saturated heterocycles. The first-order chi connectivity index (χ1) is 13.6. The first kappa shape index (κ1) is 19.6. The second kappa shape index (κ2) is 9.17. The van der Waals surface area contributed by atoms with Crippen LogP contribution in [0, 0.1) is 0 Å². The Labute approximate surface area is 163 Å². The van der Waals surface area contributed by atoms with Crippen molar-refractivity contribution in [1.82, 2.24) is 10.5 Å². The van der Waals surface area contributed by atoms with Crippen molar-refractivity contribution in [2.24, 2.45) is 0 Å². The summed E-state index contributed by atoms with van der Waals surface area (Å²) in [6.45, 7) is 4.14. The highest BCUT2D eigenvalue weighted by Gasteiger charge is 2.21. The van der Waals surface area contributed by atoms with Gasteiger partial charge in [-0.2, -0.15) is 0 Å². The van der Waals surface area contributed by atoms with Gasteiger partial charge in [0, 0.05) is 17.8 Å². The molecule has 0 spiro atoms. The van der Waals surface area contributed by atoms with Crippen LogP contribution in [0.5, 0.6) is 0 Å².